The molecule has 100 valence electrons. The number of ether oxygens (including phenoxy) is 3. The SMILES string of the molecule is CCOC(=O)C1CCCN(OC)C1(OC)OC. The van der Waals surface area contributed by atoms with Gasteiger partial charge in [0.2, 0.25) is 0 Å². The van der Waals surface area contributed by atoms with Crippen LogP contribution in [0.3, 0.4) is 0 Å². The minimum absolute atomic E-state index is 0.321. The van der Waals surface area contributed by atoms with E-state index in [1.165, 1.54) is 26.4 Å². The van der Waals surface area contributed by atoms with Gasteiger partial charge in [-0.3, -0.25) is 9.63 Å². The first-order chi connectivity index (χ1) is 8.16. The average Bonchev–Trinajstić information content (AvgIpc) is 2.37. The van der Waals surface area contributed by atoms with Crippen LogP contribution in [0.4, 0.5) is 0 Å². The third-order valence-electron chi connectivity index (χ3n) is 3.02. The molecule has 0 amide bonds. The van der Waals surface area contributed by atoms with Crippen LogP contribution in [0, 0.1) is 5.92 Å². The van der Waals surface area contributed by atoms with Crippen LogP contribution >= 0.6 is 0 Å². The lowest BCUT2D eigenvalue weighted by Gasteiger charge is -2.46. The first-order valence-corrected chi connectivity index (χ1v) is 5.75. The molecule has 0 aliphatic carbocycles. The molecule has 0 N–H and O–H groups in total. The van der Waals surface area contributed by atoms with Crippen LogP contribution in [0.1, 0.15) is 19.8 Å². The Morgan fingerprint density at radius 1 is 1.35 bits per heavy atom. The molecule has 0 bridgehead atoms. The van der Waals surface area contributed by atoms with Crippen molar-refractivity contribution >= 4 is 5.97 Å². The highest BCUT2D eigenvalue weighted by molar-refractivity contribution is 5.73. The normalized spacial score (nSPS) is 24.6. The number of methoxy groups -OCH3 is 2. The lowest BCUT2D eigenvalue weighted by Crippen LogP contribution is -2.61. The maximum absolute atomic E-state index is 11.9. The Morgan fingerprint density at radius 2 is 2.00 bits per heavy atom. The maximum Gasteiger partial charge on any atom is 0.316 e. The first-order valence-electron chi connectivity index (χ1n) is 5.75. The van der Waals surface area contributed by atoms with Gasteiger partial charge in [-0.1, -0.05) is 0 Å². The van der Waals surface area contributed by atoms with Crippen LogP contribution < -0.4 is 0 Å². The number of piperidine rings is 1. The molecule has 1 aliphatic heterocycles. The molecule has 1 aliphatic rings. The molecule has 0 saturated carbocycles. The number of carbonyl (C=O) groups is 1. The summed E-state index contributed by atoms with van der Waals surface area (Å²) in [7, 11) is 4.51. The van der Waals surface area contributed by atoms with Crippen LogP contribution in [0.25, 0.3) is 0 Å². The molecule has 1 fully saturated rings. The Morgan fingerprint density at radius 3 is 2.47 bits per heavy atom. The molecule has 1 atom stereocenters. The number of hydroxylamine groups is 2. The number of nitrogens with zero attached hydrogens (tertiary/aromatic N) is 1. The van der Waals surface area contributed by atoms with Gasteiger partial charge < -0.3 is 14.2 Å². The van der Waals surface area contributed by atoms with E-state index in [0.717, 1.165) is 6.42 Å². The van der Waals surface area contributed by atoms with Gasteiger partial charge in [-0.25, -0.2) is 0 Å². The fourth-order valence-corrected chi connectivity index (χ4v) is 2.25. The minimum Gasteiger partial charge on any atom is -0.466 e. The summed E-state index contributed by atoms with van der Waals surface area (Å²) in [6.45, 7) is 2.76. The lowest BCUT2D eigenvalue weighted by atomic mass is 9.94. The van der Waals surface area contributed by atoms with E-state index in [-0.39, 0.29) is 5.97 Å². The summed E-state index contributed by atoms with van der Waals surface area (Å²) >= 11 is 0. The van der Waals surface area contributed by atoms with Gasteiger partial charge in [-0.2, -0.15) is 0 Å². The van der Waals surface area contributed by atoms with Crippen molar-refractivity contribution in [1.82, 2.24) is 5.06 Å². The van der Waals surface area contributed by atoms with Crippen LogP contribution in [-0.2, 0) is 23.8 Å². The number of hydrogen-bond donors (Lipinski definition) is 0. The average molecular weight is 247 g/mol. The smallest absolute Gasteiger partial charge is 0.316 e. The van der Waals surface area contributed by atoms with Crippen LogP contribution in [0.15, 0.2) is 0 Å². The highest BCUT2D eigenvalue weighted by atomic mass is 16.8. The van der Waals surface area contributed by atoms with Gasteiger partial charge in [-0.15, -0.1) is 5.06 Å². The molecular formula is C11H21NO5. The second-order valence-electron chi connectivity index (χ2n) is 3.77. The fraction of sp³-hybridized carbons (Fsp3) is 0.909. The molecule has 0 radical (unpaired) electrons. The van der Waals surface area contributed by atoms with Crippen molar-refractivity contribution in [2.45, 2.75) is 25.7 Å². The van der Waals surface area contributed by atoms with E-state index in [0.29, 0.717) is 19.6 Å². The summed E-state index contributed by atoms with van der Waals surface area (Å²) in [5.41, 5.74) is 0. The Labute approximate surface area is 102 Å². The van der Waals surface area contributed by atoms with Gasteiger partial charge in [0.25, 0.3) is 5.91 Å². The van der Waals surface area contributed by atoms with E-state index < -0.39 is 11.8 Å². The number of rotatable bonds is 5. The lowest BCUT2D eigenvalue weighted by molar-refractivity contribution is -0.414. The summed E-state index contributed by atoms with van der Waals surface area (Å²) in [5, 5.41) is 1.54. The zero-order valence-corrected chi connectivity index (χ0v) is 10.9. The monoisotopic (exact) mass is 247 g/mol. The predicted octanol–water partition coefficient (Wildman–Crippen LogP) is 0.769. The third kappa shape index (κ3) is 2.60. The molecule has 0 aromatic heterocycles. The Balaban J connectivity index is 2.95. The van der Waals surface area contributed by atoms with Crippen molar-refractivity contribution in [3.63, 3.8) is 0 Å². The Hall–Kier alpha value is -0.690. The summed E-state index contributed by atoms with van der Waals surface area (Å²) < 4.78 is 15.8. The largest absolute Gasteiger partial charge is 0.466 e. The predicted molar refractivity (Wildman–Crippen MR) is 59.8 cm³/mol. The topological polar surface area (TPSA) is 57.2 Å². The highest BCUT2D eigenvalue weighted by Gasteiger charge is 2.52. The van der Waals surface area contributed by atoms with Gasteiger partial charge >= 0.3 is 5.97 Å². The van der Waals surface area contributed by atoms with Crippen LogP contribution in [0.5, 0.6) is 0 Å². The van der Waals surface area contributed by atoms with Crippen molar-refractivity contribution in [1.29, 1.82) is 0 Å². The quantitative estimate of drug-likeness (QED) is 0.528. The van der Waals surface area contributed by atoms with Crippen molar-refractivity contribution in [2.75, 3.05) is 34.5 Å². The molecule has 1 saturated heterocycles. The minimum atomic E-state index is -1.20. The molecule has 6 nitrogen and oxygen atoms in total. The third-order valence-corrected chi connectivity index (χ3v) is 3.02. The van der Waals surface area contributed by atoms with Crippen molar-refractivity contribution in [3.05, 3.63) is 0 Å². The van der Waals surface area contributed by atoms with Crippen LogP contribution in [0.2, 0.25) is 0 Å². The molecular weight excluding hydrogens is 226 g/mol. The van der Waals surface area contributed by atoms with Crippen molar-refractivity contribution in [3.8, 4) is 0 Å². The molecule has 6 heteroatoms. The number of hydrogen-bond acceptors (Lipinski definition) is 6. The fourth-order valence-electron chi connectivity index (χ4n) is 2.25. The van der Waals surface area contributed by atoms with E-state index in [4.69, 9.17) is 19.0 Å². The molecule has 1 unspecified atom stereocenters. The van der Waals surface area contributed by atoms with Gasteiger partial charge in [0, 0.05) is 20.8 Å². The second kappa shape index (κ2) is 6.30. The molecule has 1 rings (SSSR count). The van der Waals surface area contributed by atoms with Crippen LogP contribution in [-0.4, -0.2) is 51.4 Å². The standard InChI is InChI=1S/C11H21NO5/c1-5-17-10(13)9-7-6-8-12(16-4)11(9,14-2)15-3/h9H,5-8H2,1-4H3. The summed E-state index contributed by atoms with van der Waals surface area (Å²) in [4.78, 5) is 17.2. The highest BCUT2D eigenvalue weighted by Crippen LogP contribution is 2.36. The van der Waals surface area contributed by atoms with E-state index in [9.17, 15) is 4.79 Å². The van der Waals surface area contributed by atoms with Crippen molar-refractivity contribution in [2.24, 2.45) is 5.92 Å². The van der Waals surface area contributed by atoms with Crippen molar-refractivity contribution < 1.29 is 23.8 Å². The Bertz CT molecular complexity index is 254. The second-order valence-corrected chi connectivity index (χ2v) is 3.77. The van der Waals surface area contributed by atoms with E-state index in [1.54, 1.807) is 6.92 Å². The molecule has 0 spiro atoms. The summed E-state index contributed by atoms with van der Waals surface area (Å²) in [6.07, 6.45) is 1.48. The maximum atomic E-state index is 11.9. The molecule has 1 heterocycles. The Kier molecular flexibility index (Phi) is 5.32. The van der Waals surface area contributed by atoms with Gasteiger partial charge in [0.1, 0.15) is 5.92 Å². The number of carbonyl (C=O) groups excluding carboxylic acids is 1. The van der Waals surface area contributed by atoms with E-state index >= 15 is 0 Å². The zero-order valence-electron chi connectivity index (χ0n) is 10.9. The first kappa shape index (κ1) is 14.4. The summed E-state index contributed by atoms with van der Waals surface area (Å²) in [6, 6.07) is 0. The number of esters is 1. The molecule has 0 aromatic carbocycles. The van der Waals surface area contributed by atoms with Gasteiger partial charge in [-0.05, 0) is 19.8 Å². The van der Waals surface area contributed by atoms with E-state index in [2.05, 4.69) is 0 Å². The zero-order chi connectivity index (χ0) is 12.9. The molecule has 0 aromatic rings. The van der Waals surface area contributed by atoms with E-state index in [1.807, 2.05) is 0 Å². The van der Waals surface area contributed by atoms with Gasteiger partial charge in [0.15, 0.2) is 0 Å². The summed E-state index contributed by atoms with van der Waals surface area (Å²) in [5.74, 6) is -2.02. The molecule has 17 heavy (non-hydrogen) atoms. The van der Waals surface area contributed by atoms with Gasteiger partial charge in [0.05, 0.1) is 13.7 Å².